The highest BCUT2D eigenvalue weighted by atomic mass is 16.6. The molecule has 1 saturated heterocycles. The van der Waals surface area contributed by atoms with Gasteiger partial charge in [-0.05, 0) is 30.2 Å². The van der Waals surface area contributed by atoms with Crippen molar-refractivity contribution in [3.8, 4) is 0 Å². The van der Waals surface area contributed by atoms with Gasteiger partial charge < -0.3 is 15.5 Å². The van der Waals surface area contributed by atoms with Gasteiger partial charge in [0.05, 0.1) is 4.92 Å². The highest BCUT2D eigenvalue weighted by molar-refractivity contribution is 5.95. The van der Waals surface area contributed by atoms with E-state index in [2.05, 4.69) is 10.6 Å². The summed E-state index contributed by atoms with van der Waals surface area (Å²) in [5, 5.41) is 16.0. The topological polar surface area (TPSA) is 105 Å². The molecule has 0 saturated carbocycles. The molecule has 0 radical (unpaired) electrons. The van der Waals surface area contributed by atoms with Crippen LogP contribution in [0.15, 0.2) is 48.5 Å². The summed E-state index contributed by atoms with van der Waals surface area (Å²) in [6, 6.07) is 12.7. The normalized spacial score (nSPS) is 13.5. The van der Waals surface area contributed by atoms with Crippen LogP contribution in [0.4, 0.5) is 21.9 Å². The Morgan fingerprint density at radius 2 is 1.96 bits per heavy atom. The number of hydrogen-bond acceptors (Lipinski definition) is 4. The smallest absolute Gasteiger partial charge is 0.319 e. The van der Waals surface area contributed by atoms with E-state index in [1.165, 1.54) is 18.2 Å². The number of urea groups is 1. The summed E-state index contributed by atoms with van der Waals surface area (Å²) >= 11 is 0. The monoisotopic (exact) mass is 354 g/mol. The van der Waals surface area contributed by atoms with Crippen molar-refractivity contribution in [3.05, 3.63) is 64.2 Å². The number of nitrogens with zero attached hydrogens (tertiary/aromatic N) is 2. The SMILES string of the molecule is O=C(NCc1ccc(N2CCCC2=O)cc1)Nc1cccc([N+](=O)[O-])c1. The number of nitro groups is 1. The van der Waals surface area contributed by atoms with Crippen LogP contribution in [0.2, 0.25) is 0 Å². The molecule has 0 aliphatic carbocycles. The Hall–Kier alpha value is -3.42. The molecule has 1 aliphatic heterocycles. The second kappa shape index (κ2) is 7.64. The minimum Gasteiger partial charge on any atom is -0.334 e. The van der Waals surface area contributed by atoms with Gasteiger partial charge in [0, 0.05) is 43.0 Å². The molecule has 8 heteroatoms. The van der Waals surface area contributed by atoms with Crippen molar-refractivity contribution in [2.24, 2.45) is 0 Å². The summed E-state index contributed by atoms with van der Waals surface area (Å²) in [6.45, 7) is 1.04. The molecule has 0 aromatic heterocycles. The van der Waals surface area contributed by atoms with Gasteiger partial charge in [-0.15, -0.1) is 0 Å². The van der Waals surface area contributed by atoms with Crippen LogP contribution in [0.5, 0.6) is 0 Å². The lowest BCUT2D eigenvalue weighted by atomic mass is 10.2. The molecule has 8 nitrogen and oxygen atoms in total. The van der Waals surface area contributed by atoms with Crippen LogP contribution in [0, 0.1) is 10.1 Å². The molecular weight excluding hydrogens is 336 g/mol. The summed E-state index contributed by atoms with van der Waals surface area (Å²) in [7, 11) is 0. The second-order valence-corrected chi connectivity index (χ2v) is 5.93. The molecule has 26 heavy (non-hydrogen) atoms. The van der Waals surface area contributed by atoms with Crippen molar-refractivity contribution in [1.29, 1.82) is 0 Å². The molecule has 2 N–H and O–H groups in total. The van der Waals surface area contributed by atoms with Gasteiger partial charge in [0.15, 0.2) is 0 Å². The van der Waals surface area contributed by atoms with Crippen molar-refractivity contribution in [2.45, 2.75) is 19.4 Å². The van der Waals surface area contributed by atoms with Crippen LogP contribution in [-0.4, -0.2) is 23.4 Å². The summed E-state index contributed by atoms with van der Waals surface area (Å²) in [5.74, 6) is 0.132. The molecule has 0 unspecified atom stereocenters. The predicted molar refractivity (Wildman–Crippen MR) is 97.0 cm³/mol. The van der Waals surface area contributed by atoms with E-state index in [1.54, 1.807) is 11.0 Å². The Balaban J connectivity index is 1.53. The maximum absolute atomic E-state index is 11.9. The minimum absolute atomic E-state index is 0.0881. The van der Waals surface area contributed by atoms with Crippen molar-refractivity contribution < 1.29 is 14.5 Å². The van der Waals surface area contributed by atoms with E-state index in [0.717, 1.165) is 24.2 Å². The fourth-order valence-corrected chi connectivity index (χ4v) is 2.77. The maximum atomic E-state index is 11.9. The molecule has 2 aromatic carbocycles. The van der Waals surface area contributed by atoms with Gasteiger partial charge in [0.25, 0.3) is 5.69 Å². The lowest BCUT2D eigenvalue weighted by molar-refractivity contribution is -0.384. The first-order valence-electron chi connectivity index (χ1n) is 8.21. The van der Waals surface area contributed by atoms with Gasteiger partial charge >= 0.3 is 6.03 Å². The number of anilines is 2. The number of non-ortho nitro benzene ring substituents is 1. The van der Waals surface area contributed by atoms with Crippen LogP contribution >= 0.6 is 0 Å². The fourth-order valence-electron chi connectivity index (χ4n) is 2.77. The molecule has 1 heterocycles. The van der Waals surface area contributed by atoms with Gasteiger partial charge in [-0.25, -0.2) is 4.79 Å². The number of nitrogens with one attached hydrogen (secondary N) is 2. The fraction of sp³-hybridized carbons (Fsp3) is 0.222. The maximum Gasteiger partial charge on any atom is 0.319 e. The van der Waals surface area contributed by atoms with E-state index in [0.29, 0.717) is 18.7 Å². The average Bonchev–Trinajstić information content (AvgIpc) is 3.06. The zero-order valence-corrected chi connectivity index (χ0v) is 14.0. The summed E-state index contributed by atoms with van der Waals surface area (Å²) in [4.78, 5) is 35.7. The molecule has 0 spiro atoms. The summed E-state index contributed by atoms with van der Waals surface area (Å²) in [6.07, 6.45) is 1.46. The van der Waals surface area contributed by atoms with E-state index in [-0.39, 0.29) is 11.6 Å². The Morgan fingerprint density at radius 3 is 2.62 bits per heavy atom. The van der Waals surface area contributed by atoms with E-state index in [1.807, 2.05) is 24.3 Å². The lowest BCUT2D eigenvalue weighted by Gasteiger charge is -2.16. The van der Waals surface area contributed by atoms with Crippen LogP contribution in [0.1, 0.15) is 18.4 Å². The van der Waals surface area contributed by atoms with E-state index >= 15 is 0 Å². The Morgan fingerprint density at radius 1 is 1.19 bits per heavy atom. The third kappa shape index (κ3) is 4.15. The Labute approximate surface area is 150 Å². The number of rotatable bonds is 5. The molecule has 0 atom stereocenters. The minimum atomic E-state index is -0.518. The number of benzene rings is 2. The van der Waals surface area contributed by atoms with Crippen molar-refractivity contribution >= 4 is 29.0 Å². The van der Waals surface area contributed by atoms with E-state index < -0.39 is 11.0 Å². The van der Waals surface area contributed by atoms with Crippen LogP contribution < -0.4 is 15.5 Å². The first kappa shape index (κ1) is 17.4. The van der Waals surface area contributed by atoms with E-state index in [9.17, 15) is 19.7 Å². The van der Waals surface area contributed by atoms with Gasteiger partial charge in [-0.1, -0.05) is 18.2 Å². The van der Waals surface area contributed by atoms with Crippen LogP contribution in [-0.2, 0) is 11.3 Å². The molecule has 134 valence electrons. The predicted octanol–water partition coefficient (Wildman–Crippen LogP) is 3.04. The third-order valence-electron chi connectivity index (χ3n) is 4.09. The van der Waals surface area contributed by atoms with Crippen molar-refractivity contribution in [3.63, 3.8) is 0 Å². The number of nitro benzene ring substituents is 1. The first-order chi connectivity index (χ1) is 12.5. The summed E-state index contributed by atoms with van der Waals surface area (Å²) < 4.78 is 0. The number of carbonyl (C=O) groups is 2. The third-order valence-corrected chi connectivity index (χ3v) is 4.09. The highest BCUT2D eigenvalue weighted by Crippen LogP contribution is 2.21. The number of carbonyl (C=O) groups excluding carboxylic acids is 2. The zero-order valence-electron chi connectivity index (χ0n) is 14.0. The standard InChI is InChI=1S/C18H18N4O4/c23-17-5-2-10-21(17)15-8-6-13(7-9-15)12-19-18(24)20-14-3-1-4-16(11-14)22(25)26/h1,3-4,6-9,11H,2,5,10,12H2,(H2,19,20,24). The molecule has 3 rings (SSSR count). The van der Waals surface area contributed by atoms with Gasteiger partial charge in [0.1, 0.15) is 0 Å². The molecule has 1 fully saturated rings. The van der Waals surface area contributed by atoms with Crippen LogP contribution in [0.25, 0.3) is 0 Å². The van der Waals surface area contributed by atoms with Crippen LogP contribution in [0.3, 0.4) is 0 Å². The lowest BCUT2D eigenvalue weighted by Crippen LogP contribution is -2.28. The molecule has 1 aliphatic rings. The Kier molecular flexibility index (Phi) is 5.12. The second-order valence-electron chi connectivity index (χ2n) is 5.93. The molecule has 2 aromatic rings. The molecule has 0 bridgehead atoms. The summed E-state index contributed by atoms with van der Waals surface area (Å²) in [5.41, 5.74) is 2.00. The van der Waals surface area contributed by atoms with Crippen molar-refractivity contribution in [1.82, 2.24) is 5.32 Å². The van der Waals surface area contributed by atoms with Gasteiger partial charge in [-0.2, -0.15) is 0 Å². The van der Waals surface area contributed by atoms with Gasteiger partial charge in [-0.3, -0.25) is 14.9 Å². The number of hydrogen-bond donors (Lipinski definition) is 2. The first-order valence-corrected chi connectivity index (χ1v) is 8.21. The zero-order chi connectivity index (χ0) is 18.5. The Bertz CT molecular complexity index is 835. The largest absolute Gasteiger partial charge is 0.334 e. The molecule has 3 amide bonds. The average molecular weight is 354 g/mol. The van der Waals surface area contributed by atoms with Gasteiger partial charge in [0.2, 0.25) is 5.91 Å². The van der Waals surface area contributed by atoms with Crippen molar-refractivity contribution in [2.75, 3.05) is 16.8 Å². The number of amides is 3. The highest BCUT2D eigenvalue weighted by Gasteiger charge is 2.21. The molecular formula is C18H18N4O4. The van der Waals surface area contributed by atoms with E-state index in [4.69, 9.17) is 0 Å². The quantitative estimate of drug-likeness (QED) is 0.636.